The molecule has 1 amide bonds. The number of carbonyl (C=O) groups is 1. The summed E-state index contributed by atoms with van der Waals surface area (Å²) in [5.41, 5.74) is 1.79. The number of carbonyl (C=O) groups excluding carboxylic acids is 1. The summed E-state index contributed by atoms with van der Waals surface area (Å²) in [5.74, 6) is -0.0424. The van der Waals surface area contributed by atoms with E-state index in [1.807, 2.05) is 31.2 Å². The van der Waals surface area contributed by atoms with Crippen LogP contribution < -0.4 is 10.1 Å². The number of nitrogens with zero attached hydrogens (tertiary/aromatic N) is 1. The molecule has 1 N–H and O–H groups in total. The lowest BCUT2D eigenvalue weighted by molar-refractivity contribution is 0.0902. The highest BCUT2D eigenvalue weighted by Gasteiger charge is 2.19. The van der Waals surface area contributed by atoms with E-state index < -0.39 is 5.91 Å². The highest BCUT2D eigenvalue weighted by atomic mass is 19.1. The first kappa shape index (κ1) is 16.7. The fourth-order valence-electron chi connectivity index (χ4n) is 2.54. The molecule has 0 saturated carbocycles. The summed E-state index contributed by atoms with van der Waals surface area (Å²) < 4.78 is 23.7. The topological polar surface area (TPSA) is 64.4 Å². The molecule has 5 nitrogen and oxygen atoms in total. The summed E-state index contributed by atoms with van der Waals surface area (Å²) in [6, 6.07) is 14.6. The van der Waals surface area contributed by atoms with E-state index >= 15 is 0 Å². The van der Waals surface area contributed by atoms with Gasteiger partial charge < -0.3 is 14.6 Å². The lowest BCUT2D eigenvalue weighted by Gasteiger charge is -2.16. The maximum Gasteiger partial charge on any atom is 0.290 e. The number of hydrogen-bond acceptors (Lipinski definition) is 4. The van der Waals surface area contributed by atoms with Gasteiger partial charge in [0.25, 0.3) is 5.91 Å². The van der Waals surface area contributed by atoms with E-state index in [2.05, 4.69) is 10.5 Å². The normalized spacial score (nSPS) is 11.8. The number of halogens is 1. The number of methoxy groups -OCH3 is 1. The Morgan fingerprint density at radius 2 is 2.00 bits per heavy atom. The fraction of sp³-hybridized carbons (Fsp3) is 0.158. The van der Waals surface area contributed by atoms with Crippen LogP contribution in [0.3, 0.4) is 0 Å². The van der Waals surface area contributed by atoms with Crippen LogP contribution in [0.25, 0.3) is 11.3 Å². The minimum atomic E-state index is -0.409. The monoisotopic (exact) mass is 340 g/mol. The number of rotatable bonds is 5. The maximum absolute atomic E-state index is 13.3. The third kappa shape index (κ3) is 3.68. The molecule has 0 fully saturated rings. The second kappa shape index (κ2) is 7.17. The molecule has 0 radical (unpaired) electrons. The van der Waals surface area contributed by atoms with Crippen molar-refractivity contribution in [2.75, 3.05) is 7.11 Å². The smallest absolute Gasteiger partial charge is 0.290 e. The quantitative estimate of drug-likeness (QED) is 0.763. The van der Waals surface area contributed by atoms with Gasteiger partial charge in [0.2, 0.25) is 5.76 Å². The Bertz CT molecular complexity index is 892. The van der Waals surface area contributed by atoms with Gasteiger partial charge in [-0.05, 0) is 25.1 Å². The Labute approximate surface area is 144 Å². The Hall–Kier alpha value is -3.15. The van der Waals surface area contributed by atoms with E-state index in [9.17, 15) is 9.18 Å². The van der Waals surface area contributed by atoms with E-state index in [4.69, 9.17) is 9.26 Å². The predicted molar refractivity (Wildman–Crippen MR) is 90.8 cm³/mol. The SMILES string of the molecule is COc1ccccc1C(C)NC(=O)c1cc(-c2cccc(F)c2)no1. The molecule has 3 aromatic rings. The predicted octanol–water partition coefficient (Wildman–Crippen LogP) is 3.98. The molecule has 1 unspecified atom stereocenters. The first-order chi connectivity index (χ1) is 12.1. The molecule has 0 aliphatic heterocycles. The van der Waals surface area contributed by atoms with Gasteiger partial charge in [-0.25, -0.2) is 4.39 Å². The lowest BCUT2D eigenvalue weighted by Crippen LogP contribution is -2.26. The lowest BCUT2D eigenvalue weighted by atomic mass is 10.1. The van der Waals surface area contributed by atoms with Crippen LogP contribution in [-0.4, -0.2) is 18.2 Å². The number of para-hydroxylation sites is 1. The van der Waals surface area contributed by atoms with E-state index in [0.717, 1.165) is 5.56 Å². The van der Waals surface area contributed by atoms with Crippen LogP contribution in [-0.2, 0) is 0 Å². The van der Waals surface area contributed by atoms with Crippen molar-refractivity contribution >= 4 is 5.91 Å². The molecule has 0 saturated heterocycles. The summed E-state index contributed by atoms with van der Waals surface area (Å²) in [6.07, 6.45) is 0. The van der Waals surface area contributed by atoms with Crippen LogP contribution in [0.2, 0.25) is 0 Å². The van der Waals surface area contributed by atoms with Crippen molar-refractivity contribution in [3.63, 3.8) is 0 Å². The molecule has 25 heavy (non-hydrogen) atoms. The van der Waals surface area contributed by atoms with Gasteiger partial charge in [0.1, 0.15) is 17.3 Å². The molecule has 0 spiro atoms. The van der Waals surface area contributed by atoms with Gasteiger partial charge in [-0.3, -0.25) is 4.79 Å². The molecular weight excluding hydrogens is 323 g/mol. The Balaban J connectivity index is 1.76. The van der Waals surface area contributed by atoms with Crippen molar-refractivity contribution in [2.24, 2.45) is 0 Å². The average molecular weight is 340 g/mol. The van der Waals surface area contributed by atoms with Crippen molar-refractivity contribution < 1.29 is 18.4 Å². The van der Waals surface area contributed by atoms with Gasteiger partial charge in [0.05, 0.1) is 13.2 Å². The fourth-order valence-corrected chi connectivity index (χ4v) is 2.54. The zero-order valence-corrected chi connectivity index (χ0v) is 13.8. The summed E-state index contributed by atoms with van der Waals surface area (Å²) in [5, 5.41) is 6.67. The molecule has 0 bridgehead atoms. The van der Waals surface area contributed by atoms with Gasteiger partial charge in [-0.2, -0.15) is 0 Å². The van der Waals surface area contributed by atoms with E-state index in [1.165, 1.54) is 18.2 Å². The average Bonchev–Trinajstić information content (AvgIpc) is 3.12. The van der Waals surface area contributed by atoms with Crippen LogP contribution >= 0.6 is 0 Å². The first-order valence-corrected chi connectivity index (χ1v) is 7.75. The number of amides is 1. The first-order valence-electron chi connectivity index (χ1n) is 7.75. The van der Waals surface area contributed by atoms with Gasteiger partial charge in [0.15, 0.2) is 0 Å². The summed E-state index contributed by atoms with van der Waals surface area (Å²) in [7, 11) is 1.58. The molecule has 1 heterocycles. The standard InChI is InChI=1S/C19H17FN2O3/c1-12(15-8-3-4-9-17(15)24-2)21-19(23)18-11-16(22-25-18)13-6-5-7-14(20)10-13/h3-12H,1-2H3,(H,21,23). The number of hydrogen-bond donors (Lipinski definition) is 1. The highest BCUT2D eigenvalue weighted by Crippen LogP contribution is 2.25. The molecule has 1 atom stereocenters. The van der Waals surface area contributed by atoms with Crippen LogP contribution in [0, 0.1) is 5.82 Å². The van der Waals surface area contributed by atoms with E-state index in [0.29, 0.717) is 17.0 Å². The molecule has 0 aliphatic carbocycles. The van der Waals surface area contributed by atoms with Gasteiger partial charge >= 0.3 is 0 Å². The number of ether oxygens (including phenoxy) is 1. The largest absolute Gasteiger partial charge is 0.496 e. The van der Waals surface area contributed by atoms with Crippen molar-refractivity contribution in [1.29, 1.82) is 0 Å². The zero-order chi connectivity index (χ0) is 17.8. The zero-order valence-electron chi connectivity index (χ0n) is 13.8. The molecule has 6 heteroatoms. The van der Waals surface area contributed by atoms with E-state index in [1.54, 1.807) is 19.2 Å². The van der Waals surface area contributed by atoms with Crippen LogP contribution in [0.4, 0.5) is 4.39 Å². The Kier molecular flexibility index (Phi) is 4.79. The number of aromatic nitrogens is 1. The molecule has 0 aliphatic rings. The summed E-state index contributed by atoms with van der Waals surface area (Å²) in [6.45, 7) is 1.85. The van der Waals surface area contributed by atoms with Crippen LogP contribution in [0.5, 0.6) is 5.75 Å². The molecule has 3 rings (SSSR count). The van der Waals surface area contributed by atoms with Crippen molar-refractivity contribution in [3.8, 4) is 17.0 Å². The number of benzene rings is 2. The van der Waals surface area contributed by atoms with Gasteiger partial charge in [-0.1, -0.05) is 35.5 Å². The summed E-state index contributed by atoms with van der Waals surface area (Å²) in [4.78, 5) is 12.4. The number of nitrogens with one attached hydrogen (secondary N) is 1. The third-order valence-electron chi connectivity index (χ3n) is 3.81. The third-order valence-corrected chi connectivity index (χ3v) is 3.81. The second-order valence-corrected chi connectivity index (χ2v) is 5.52. The Morgan fingerprint density at radius 1 is 1.20 bits per heavy atom. The molecular formula is C19H17FN2O3. The molecule has 2 aromatic carbocycles. The van der Waals surface area contributed by atoms with E-state index in [-0.39, 0.29) is 17.6 Å². The van der Waals surface area contributed by atoms with Crippen LogP contribution in [0.15, 0.2) is 59.1 Å². The second-order valence-electron chi connectivity index (χ2n) is 5.52. The van der Waals surface area contributed by atoms with Gasteiger partial charge in [0, 0.05) is 17.2 Å². The minimum absolute atomic E-state index is 0.0565. The van der Waals surface area contributed by atoms with Crippen molar-refractivity contribution in [2.45, 2.75) is 13.0 Å². The van der Waals surface area contributed by atoms with Gasteiger partial charge in [-0.15, -0.1) is 0 Å². The molecule has 128 valence electrons. The minimum Gasteiger partial charge on any atom is -0.496 e. The van der Waals surface area contributed by atoms with Crippen molar-refractivity contribution in [1.82, 2.24) is 10.5 Å². The highest BCUT2D eigenvalue weighted by molar-refractivity contribution is 5.92. The van der Waals surface area contributed by atoms with Crippen molar-refractivity contribution in [3.05, 3.63) is 71.7 Å². The Morgan fingerprint density at radius 3 is 2.76 bits per heavy atom. The molecule has 1 aromatic heterocycles. The summed E-state index contributed by atoms with van der Waals surface area (Å²) >= 11 is 0. The maximum atomic E-state index is 13.3. The van der Waals surface area contributed by atoms with Crippen LogP contribution in [0.1, 0.15) is 29.1 Å².